The van der Waals surface area contributed by atoms with E-state index in [1.54, 1.807) is 11.8 Å². The Morgan fingerprint density at radius 2 is 2.26 bits per heavy atom. The number of ether oxygens (including phenoxy) is 1. The van der Waals surface area contributed by atoms with Crippen LogP contribution in [0.4, 0.5) is 0 Å². The molecule has 5 heteroatoms. The van der Waals surface area contributed by atoms with E-state index in [2.05, 4.69) is 5.32 Å². The maximum absolute atomic E-state index is 11.5. The van der Waals surface area contributed by atoms with Crippen molar-refractivity contribution < 1.29 is 14.6 Å². The second-order valence-corrected chi connectivity index (χ2v) is 5.37. The molecule has 1 aromatic carbocycles. The number of aliphatic hydroxyl groups excluding tert-OH is 1. The van der Waals surface area contributed by atoms with Crippen LogP contribution in [0, 0.1) is 6.92 Å². The molecule has 0 fully saturated rings. The van der Waals surface area contributed by atoms with Crippen molar-refractivity contribution in [1.82, 2.24) is 5.32 Å². The predicted octanol–water partition coefficient (Wildman–Crippen LogP) is 1.61. The molecular weight excluding hydrogens is 262 g/mol. The number of carbonyl (C=O) groups excluding carboxylic acids is 1. The van der Waals surface area contributed by atoms with E-state index in [4.69, 9.17) is 9.84 Å². The number of aryl methyl sites for hydroxylation is 1. The van der Waals surface area contributed by atoms with Gasteiger partial charge in [0.05, 0.1) is 0 Å². The molecule has 0 unspecified atom stereocenters. The molecule has 0 aliphatic carbocycles. The van der Waals surface area contributed by atoms with Crippen molar-refractivity contribution in [2.45, 2.75) is 13.3 Å². The molecule has 0 aliphatic rings. The van der Waals surface area contributed by atoms with Crippen LogP contribution in [0.1, 0.15) is 12.0 Å². The predicted molar refractivity (Wildman–Crippen MR) is 78.7 cm³/mol. The Hall–Kier alpha value is -1.20. The highest BCUT2D eigenvalue weighted by atomic mass is 32.2. The van der Waals surface area contributed by atoms with Crippen LogP contribution < -0.4 is 10.1 Å². The van der Waals surface area contributed by atoms with Crippen molar-refractivity contribution in [2.24, 2.45) is 0 Å². The lowest BCUT2D eigenvalue weighted by atomic mass is 10.2. The van der Waals surface area contributed by atoms with Crippen LogP contribution in [0.15, 0.2) is 24.3 Å². The number of thioether (sulfide) groups is 1. The third kappa shape index (κ3) is 7.74. The van der Waals surface area contributed by atoms with Crippen LogP contribution in [-0.4, -0.2) is 42.3 Å². The topological polar surface area (TPSA) is 58.6 Å². The van der Waals surface area contributed by atoms with Crippen LogP contribution in [0.25, 0.3) is 0 Å². The van der Waals surface area contributed by atoms with E-state index >= 15 is 0 Å². The van der Waals surface area contributed by atoms with Crippen molar-refractivity contribution >= 4 is 17.7 Å². The molecule has 0 atom stereocenters. The van der Waals surface area contributed by atoms with Gasteiger partial charge < -0.3 is 15.2 Å². The highest BCUT2D eigenvalue weighted by Gasteiger charge is 2.02. The summed E-state index contributed by atoms with van der Waals surface area (Å²) in [6, 6.07) is 7.62. The fourth-order valence-corrected chi connectivity index (χ4v) is 2.22. The standard InChI is InChI=1S/C14H21NO3S/c1-12-4-2-5-13(10-12)18-11-14(17)15-6-9-19-8-3-7-16/h2,4-5,10,16H,3,6-9,11H2,1H3,(H,15,17). The monoisotopic (exact) mass is 283 g/mol. The van der Waals surface area contributed by atoms with Crippen LogP contribution in [-0.2, 0) is 4.79 Å². The average molecular weight is 283 g/mol. The number of rotatable bonds is 9. The number of hydrogen-bond donors (Lipinski definition) is 2. The summed E-state index contributed by atoms with van der Waals surface area (Å²) in [5, 5.41) is 11.4. The molecule has 19 heavy (non-hydrogen) atoms. The van der Waals surface area contributed by atoms with Crippen molar-refractivity contribution in [1.29, 1.82) is 0 Å². The molecule has 0 aliphatic heterocycles. The first-order chi connectivity index (χ1) is 9.22. The zero-order valence-corrected chi connectivity index (χ0v) is 12.0. The minimum Gasteiger partial charge on any atom is -0.484 e. The highest BCUT2D eigenvalue weighted by Crippen LogP contribution is 2.11. The summed E-state index contributed by atoms with van der Waals surface area (Å²) in [6.07, 6.45) is 0.801. The number of amides is 1. The minimum absolute atomic E-state index is 0.0464. The summed E-state index contributed by atoms with van der Waals surface area (Å²) >= 11 is 1.72. The maximum Gasteiger partial charge on any atom is 0.257 e. The summed E-state index contributed by atoms with van der Waals surface area (Å²) < 4.78 is 5.39. The van der Waals surface area contributed by atoms with Crippen LogP contribution >= 0.6 is 11.8 Å². The Morgan fingerprint density at radius 1 is 1.42 bits per heavy atom. The van der Waals surface area contributed by atoms with Gasteiger partial charge in [-0.2, -0.15) is 11.8 Å². The van der Waals surface area contributed by atoms with Gasteiger partial charge in [-0.3, -0.25) is 4.79 Å². The van der Waals surface area contributed by atoms with Crippen molar-refractivity contribution in [3.8, 4) is 5.75 Å². The highest BCUT2D eigenvalue weighted by molar-refractivity contribution is 7.99. The van der Waals surface area contributed by atoms with E-state index in [1.807, 2.05) is 31.2 Å². The molecular formula is C14H21NO3S. The summed E-state index contributed by atoms with van der Waals surface area (Å²) in [5.41, 5.74) is 1.11. The molecule has 1 rings (SSSR count). The second-order valence-electron chi connectivity index (χ2n) is 4.14. The Balaban J connectivity index is 2.08. The van der Waals surface area contributed by atoms with Crippen molar-refractivity contribution in [2.75, 3.05) is 31.3 Å². The number of nitrogens with one attached hydrogen (secondary N) is 1. The molecule has 0 heterocycles. The molecule has 0 bridgehead atoms. The van der Waals surface area contributed by atoms with Gasteiger partial charge in [0.1, 0.15) is 5.75 Å². The van der Waals surface area contributed by atoms with E-state index in [1.165, 1.54) is 0 Å². The summed E-state index contributed by atoms with van der Waals surface area (Å²) in [4.78, 5) is 11.5. The third-order valence-electron chi connectivity index (χ3n) is 2.37. The smallest absolute Gasteiger partial charge is 0.257 e. The Bertz CT molecular complexity index is 385. The van der Waals surface area contributed by atoms with Crippen LogP contribution in [0.2, 0.25) is 0 Å². The Kier molecular flexibility index (Phi) is 8.09. The van der Waals surface area contributed by atoms with Gasteiger partial charge in [0.2, 0.25) is 0 Å². The second kappa shape index (κ2) is 9.69. The van der Waals surface area contributed by atoms with Crippen molar-refractivity contribution in [3.63, 3.8) is 0 Å². The van der Waals surface area contributed by atoms with E-state index < -0.39 is 0 Å². The van der Waals surface area contributed by atoms with Gasteiger partial charge in [-0.05, 0) is 36.8 Å². The zero-order chi connectivity index (χ0) is 13.9. The van der Waals surface area contributed by atoms with Gasteiger partial charge in [-0.15, -0.1) is 0 Å². The van der Waals surface area contributed by atoms with Crippen molar-refractivity contribution in [3.05, 3.63) is 29.8 Å². The SMILES string of the molecule is Cc1cccc(OCC(=O)NCCSCCCO)c1. The maximum atomic E-state index is 11.5. The van der Waals surface area contributed by atoms with Crippen LogP contribution in [0.3, 0.4) is 0 Å². The lowest BCUT2D eigenvalue weighted by Crippen LogP contribution is -2.30. The molecule has 1 amide bonds. The summed E-state index contributed by atoms with van der Waals surface area (Å²) in [6.45, 7) is 2.89. The Labute approximate surface area is 118 Å². The van der Waals surface area contributed by atoms with Gasteiger partial charge in [-0.1, -0.05) is 12.1 Å². The molecule has 0 aromatic heterocycles. The molecule has 0 radical (unpaired) electrons. The summed E-state index contributed by atoms with van der Waals surface area (Å²) in [7, 11) is 0. The first-order valence-corrected chi connectivity index (χ1v) is 7.52. The zero-order valence-electron chi connectivity index (χ0n) is 11.2. The molecule has 0 saturated carbocycles. The van der Waals surface area contributed by atoms with E-state index in [0.717, 1.165) is 23.5 Å². The van der Waals surface area contributed by atoms with Gasteiger partial charge in [0, 0.05) is 18.9 Å². The molecule has 2 N–H and O–H groups in total. The van der Waals surface area contributed by atoms with Gasteiger partial charge in [0.15, 0.2) is 6.61 Å². The fourth-order valence-electron chi connectivity index (χ4n) is 1.44. The molecule has 1 aromatic rings. The number of carbonyl (C=O) groups is 1. The average Bonchev–Trinajstić information content (AvgIpc) is 2.40. The normalized spacial score (nSPS) is 10.2. The first-order valence-electron chi connectivity index (χ1n) is 6.37. The fraction of sp³-hybridized carbons (Fsp3) is 0.500. The molecule has 0 spiro atoms. The van der Waals surface area contributed by atoms with Gasteiger partial charge in [-0.25, -0.2) is 0 Å². The van der Waals surface area contributed by atoms with E-state index in [-0.39, 0.29) is 19.1 Å². The molecule has 4 nitrogen and oxygen atoms in total. The van der Waals surface area contributed by atoms with E-state index in [0.29, 0.717) is 12.3 Å². The van der Waals surface area contributed by atoms with Crippen LogP contribution in [0.5, 0.6) is 5.75 Å². The third-order valence-corrected chi connectivity index (χ3v) is 3.44. The summed E-state index contributed by atoms with van der Waals surface area (Å²) in [5.74, 6) is 2.39. The number of hydrogen-bond acceptors (Lipinski definition) is 4. The lowest BCUT2D eigenvalue weighted by molar-refractivity contribution is -0.122. The van der Waals surface area contributed by atoms with Gasteiger partial charge in [0.25, 0.3) is 5.91 Å². The number of aliphatic hydroxyl groups is 1. The van der Waals surface area contributed by atoms with E-state index in [9.17, 15) is 4.79 Å². The lowest BCUT2D eigenvalue weighted by Gasteiger charge is -2.07. The minimum atomic E-state index is -0.107. The quantitative estimate of drug-likeness (QED) is 0.676. The largest absolute Gasteiger partial charge is 0.484 e. The molecule has 0 saturated heterocycles. The first kappa shape index (κ1) is 15.9. The Morgan fingerprint density at radius 3 is 3.00 bits per heavy atom. The number of benzene rings is 1. The van der Waals surface area contributed by atoms with Gasteiger partial charge >= 0.3 is 0 Å². The molecule has 106 valence electrons.